The molecule has 1 heteroatoms. The number of ether oxygens (including phenoxy) is 1. The predicted molar refractivity (Wildman–Crippen MR) is 105 cm³/mol. The number of hydrogen-bond acceptors (Lipinski definition) is 1. The molecule has 5 rings (SSSR count). The van der Waals surface area contributed by atoms with Crippen molar-refractivity contribution < 1.29 is 4.74 Å². The Bertz CT molecular complexity index is 890. The fourth-order valence-corrected chi connectivity index (χ4v) is 5.02. The molecule has 26 heavy (non-hydrogen) atoms. The average molecular weight is 338 g/mol. The maximum Gasteiger partial charge on any atom is 0.162 e. The molecule has 0 N–H and O–H groups in total. The zero-order valence-electron chi connectivity index (χ0n) is 14.9. The highest BCUT2D eigenvalue weighted by Gasteiger charge is 2.72. The molecule has 0 radical (unpaired) electrons. The van der Waals surface area contributed by atoms with Gasteiger partial charge < -0.3 is 4.74 Å². The van der Waals surface area contributed by atoms with Crippen molar-refractivity contribution in [2.75, 3.05) is 0 Å². The molecule has 1 aliphatic heterocycles. The summed E-state index contributed by atoms with van der Waals surface area (Å²) in [6.07, 6.45) is 4.19. The molecule has 2 aliphatic rings. The summed E-state index contributed by atoms with van der Waals surface area (Å²) in [6, 6.07) is 32.3. The van der Waals surface area contributed by atoms with E-state index in [2.05, 4.69) is 104 Å². The quantitative estimate of drug-likeness (QED) is 0.578. The lowest BCUT2D eigenvalue weighted by Gasteiger charge is -2.38. The van der Waals surface area contributed by atoms with E-state index in [-0.39, 0.29) is 5.41 Å². The van der Waals surface area contributed by atoms with E-state index in [0.717, 1.165) is 0 Å². The van der Waals surface area contributed by atoms with Crippen molar-refractivity contribution in [3.05, 3.63) is 120 Å². The predicted octanol–water partition coefficient (Wildman–Crippen LogP) is 5.89. The number of benzene rings is 3. The van der Waals surface area contributed by atoms with Gasteiger partial charge in [-0.1, -0.05) is 97.9 Å². The van der Waals surface area contributed by atoms with Crippen LogP contribution in [0.25, 0.3) is 0 Å². The second-order valence-corrected chi connectivity index (χ2v) is 7.62. The van der Waals surface area contributed by atoms with Crippen molar-refractivity contribution in [2.45, 2.75) is 18.4 Å². The van der Waals surface area contributed by atoms with Gasteiger partial charge in [0.05, 0.1) is 6.26 Å². The molecule has 3 aromatic carbocycles. The highest BCUT2D eigenvalue weighted by Crippen LogP contribution is 2.75. The zero-order valence-corrected chi connectivity index (χ0v) is 14.9. The minimum Gasteiger partial charge on any atom is -0.485 e. The van der Waals surface area contributed by atoms with E-state index in [0.29, 0.717) is 11.8 Å². The van der Waals surface area contributed by atoms with Crippen LogP contribution in [0, 0.1) is 11.3 Å². The van der Waals surface area contributed by atoms with Crippen LogP contribution in [0.5, 0.6) is 0 Å². The molecule has 0 aromatic heterocycles. The number of rotatable bonds is 3. The molecule has 1 nitrogen and oxygen atoms in total. The van der Waals surface area contributed by atoms with Crippen LogP contribution >= 0.6 is 0 Å². The Morgan fingerprint density at radius 2 is 1.19 bits per heavy atom. The molecule has 128 valence electrons. The Labute approximate surface area is 155 Å². The van der Waals surface area contributed by atoms with Crippen molar-refractivity contribution in [1.82, 2.24) is 0 Å². The molecule has 0 bridgehead atoms. The molecular weight excluding hydrogens is 316 g/mol. The Kier molecular flexibility index (Phi) is 3.33. The highest BCUT2D eigenvalue weighted by atomic mass is 16.5. The number of allylic oxidation sites excluding steroid dienone is 1. The molecule has 1 heterocycles. The molecular formula is C25H22O. The maximum absolute atomic E-state index is 6.53. The van der Waals surface area contributed by atoms with Crippen LogP contribution in [0.1, 0.15) is 29.5 Å². The summed E-state index contributed by atoms with van der Waals surface area (Å²) < 4.78 is 6.53. The lowest BCUT2D eigenvalue weighted by molar-refractivity contribution is 0.0134. The van der Waals surface area contributed by atoms with Gasteiger partial charge >= 0.3 is 0 Å². The summed E-state index contributed by atoms with van der Waals surface area (Å²) in [5.41, 5.74) is 3.50. The smallest absolute Gasteiger partial charge is 0.162 e. The first-order valence-corrected chi connectivity index (χ1v) is 9.28. The Morgan fingerprint density at radius 3 is 1.73 bits per heavy atom. The van der Waals surface area contributed by atoms with Gasteiger partial charge in [0.15, 0.2) is 5.60 Å². The standard InChI is InChI=1S/C25H22O/c1-24-17-18-26-25(20-13-7-3-8-14-20,21-15-9-4-10-16-21)23(24)22(24)19-11-5-2-6-12-19/h2-18,22-23H,1H3/t22-,23-,24+/m0/s1. The summed E-state index contributed by atoms with van der Waals surface area (Å²) >= 11 is 0. The average Bonchev–Trinajstić information content (AvgIpc) is 3.36. The van der Waals surface area contributed by atoms with E-state index in [1.165, 1.54) is 16.7 Å². The molecule has 0 saturated heterocycles. The molecule has 1 fully saturated rings. The summed E-state index contributed by atoms with van der Waals surface area (Å²) in [6.45, 7) is 2.37. The Balaban J connectivity index is 1.72. The van der Waals surface area contributed by atoms with E-state index in [9.17, 15) is 0 Å². The third kappa shape index (κ3) is 2.03. The van der Waals surface area contributed by atoms with Gasteiger partial charge in [0.2, 0.25) is 0 Å². The first-order chi connectivity index (χ1) is 12.8. The van der Waals surface area contributed by atoms with Crippen LogP contribution in [-0.2, 0) is 10.3 Å². The lowest BCUT2D eigenvalue weighted by Crippen LogP contribution is -2.36. The minimum atomic E-state index is -0.452. The zero-order chi connectivity index (χ0) is 17.6. The Hall–Kier alpha value is -2.80. The monoisotopic (exact) mass is 338 g/mol. The van der Waals surface area contributed by atoms with Crippen LogP contribution in [0.4, 0.5) is 0 Å². The summed E-state index contributed by atoms with van der Waals surface area (Å²) in [5, 5.41) is 0. The summed E-state index contributed by atoms with van der Waals surface area (Å²) in [7, 11) is 0. The van der Waals surface area contributed by atoms with Crippen LogP contribution in [0.2, 0.25) is 0 Å². The van der Waals surface area contributed by atoms with Crippen molar-refractivity contribution in [2.24, 2.45) is 11.3 Å². The number of fused-ring (bicyclic) bond motifs is 1. The molecule has 3 atom stereocenters. The van der Waals surface area contributed by atoms with Crippen molar-refractivity contribution in [3.8, 4) is 0 Å². The highest BCUT2D eigenvalue weighted by molar-refractivity contribution is 5.49. The topological polar surface area (TPSA) is 9.23 Å². The fraction of sp³-hybridized carbons (Fsp3) is 0.200. The fourth-order valence-electron chi connectivity index (χ4n) is 5.02. The van der Waals surface area contributed by atoms with E-state index >= 15 is 0 Å². The molecule has 1 aliphatic carbocycles. The molecule has 0 spiro atoms. The SMILES string of the molecule is C[C@]12C=COC(c3ccccc3)(c3ccccc3)[C@H]1[C@@H]2c1ccccc1. The van der Waals surface area contributed by atoms with Gasteiger partial charge in [0.1, 0.15) is 0 Å². The first kappa shape index (κ1) is 15.5. The van der Waals surface area contributed by atoms with Gasteiger partial charge in [-0.3, -0.25) is 0 Å². The van der Waals surface area contributed by atoms with Gasteiger partial charge in [0.25, 0.3) is 0 Å². The Morgan fingerprint density at radius 1 is 0.692 bits per heavy atom. The van der Waals surface area contributed by atoms with Gasteiger partial charge in [-0.25, -0.2) is 0 Å². The van der Waals surface area contributed by atoms with Crippen LogP contribution in [0.15, 0.2) is 103 Å². The minimum absolute atomic E-state index is 0.102. The van der Waals surface area contributed by atoms with Gasteiger partial charge in [-0.15, -0.1) is 0 Å². The van der Waals surface area contributed by atoms with Crippen LogP contribution in [-0.4, -0.2) is 0 Å². The van der Waals surface area contributed by atoms with Gasteiger partial charge in [-0.2, -0.15) is 0 Å². The summed E-state index contributed by atoms with van der Waals surface area (Å²) in [5.74, 6) is 0.815. The summed E-state index contributed by atoms with van der Waals surface area (Å²) in [4.78, 5) is 0. The molecule has 1 saturated carbocycles. The number of hydrogen-bond donors (Lipinski definition) is 0. The largest absolute Gasteiger partial charge is 0.485 e. The van der Waals surface area contributed by atoms with Crippen LogP contribution in [0.3, 0.4) is 0 Å². The maximum atomic E-state index is 6.53. The normalized spacial score (nSPS) is 28.0. The van der Waals surface area contributed by atoms with Gasteiger partial charge in [-0.05, 0) is 11.6 Å². The van der Waals surface area contributed by atoms with Crippen molar-refractivity contribution in [1.29, 1.82) is 0 Å². The third-order valence-electron chi connectivity index (χ3n) is 6.25. The van der Waals surface area contributed by atoms with Gasteiger partial charge in [0, 0.05) is 28.4 Å². The second kappa shape index (κ2) is 5.60. The molecule has 0 amide bonds. The van der Waals surface area contributed by atoms with Crippen molar-refractivity contribution >= 4 is 0 Å². The lowest BCUT2D eigenvalue weighted by atomic mass is 9.77. The van der Waals surface area contributed by atoms with Crippen molar-refractivity contribution in [3.63, 3.8) is 0 Å². The van der Waals surface area contributed by atoms with E-state index in [1.807, 2.05) is 6.26 Å². The van der Waals surface area contributed by atoms with E-state index in [4.69, 9.17) is 4.74 Å². The third-order valence-corrected chi connectivity index (χ3v) is 6.25. The van der Waals surface area contributed by atoms with E-state index in [1.54, 1.807) is 0 Å². The van der Waals surface area contributed by atoms with Crippen LogP contribution < -0.4 is 0 Å². The first-order valence-electron chi connectivity index (χ1n) is 9.28. The van der Waals surface area contributed by atoms with E-state index < -0.39 is 5.60 Å². The molecule has 0 unspecified atom stereocenters. The molecule has 3 aromatic rings. The second-order valence-electron chi connectivity index (χ2n) is 7.62.